The maximum atomic E-state index is 10.6. The number of rotatable bonds is 4. The third kappa shape index (κ3) is 4.19. The smallest absolute Gasteiger partial charge is 0.124 e. The lowest BCUT2D eigenvalue weighted by atomic mass is 10.0. The van der Waals surface area contributed by atoms with E-state index in [1.807, 2.05) is 25.1 Å². The summed E-state index contributed by atoms with van der Waals surface area (Å²) in [5.41, 5.74) is 2.04. The Morgan fingerprint density at radius 3 is 2.86 bits per heavy atom. The van der Waals surface area contributed by atoms with Crippen LogP contribution in [0, 0.1) is 6.92 Å². The molecule has 2 rings (SSSR count). The minimum Gasteiger partial charge on any atom is -0.496 e. The predicted octanol–water partition coefficient (Wildman–Crippen LogP) is 2.06. The van der Waals surface area contributed by atoms with E-state index in [9.17, 15) is 5.11 Å². The maximum absolute atomic E-state index is 10.6. The number of β-amino-alcohol motifs (C(OH)–C–C–N with tert-alkyl or cyclic N) is 1. The Balaban J connectivity index is 2.10. The second-order valence-corrected chi connectivity index (χ2v) is 6.22. The lowest BCUT2D eigenvalue weighted by Gasteiger charge is -2.30. The normalized spacial score (nSPS) is 22.8. The van der Waals surface area contributed by atoms with Crippen molar-refractivity contribution in [3.8, 4) is 5.75 Å². The number of aryl methyl sites for hydroxylation is 1. The molecule has 1 fully saturated rings. The molecule has 118 valence electrons. The molecule has 4 heteroatoms. The quantitative estimate of drug-likeness (QED) is 0.921. The van der Waals surface area contributed by atoms with Gasteiger partial charge in [-0.15, -0.1) is 0 Å². The van der Waals surface area contributed by atoms with Gasteiger partial charge in [-0.25, -0.2) is 0 Å². The molecule has 0 saturated carbocycles. The van der Waals surface area contributed by atoms with Gasteiger partial charge in [0.25, 0.3) is 0 Å². The van der Waals surface area contributed by atoms with E-state index in [1.165, 1.54) is 0 Å². The van der Waals surface area contributed by atoms with Crippen molar-refractivity contribution in [1.82, 2.24) is 9.80 Å². The van der Waals surface area contributed by atoms with Gasteiger partial charge in [0.1, 0.15) is 5.75 Å². The van der Waals surface area contributed by atoms with Crippen molar-refractivity contribution in [3.05, 3.63) is 29.3 Å². The number of aliphatic hydroxyl groups excluding tert-OH is 1. The Hall–Kier alpha value is -1.10. The van der Waals surface area contributed by atoms with Gasteiger partial charge in [-0.1, -0.05) is 11.6 Å². The van der Waals surface area contributed by atoms with Crippen molar-refractivity contribution in [2.45, 2.75) is 32.4 Å². The lowest BCUT2D eigenvalue weighted by molar-refractivity contribution is 0.0902. The van der Waals surface area contributed by atoms with Gasteiger partial charge in [0.15, 0.2) is 0 Å². The van der Waals surface area contributed by atoms with Crippen LogP contribution in [0.15, 0.2) is 18.2 Å². The summed E-state index contributed by atoms with van der Waals surface area (Å²) in [6.07, 6.45) is 0.643. The zero-order valence-corrected chi connectivity index (χ0v) is 13.7. The highest BCUT2D eigenvalue weighted by Gasteiger charge is 2.23. The van der Waals surface area contributed by atoms with Crippen LogP contribution in [0.1, 0.15) is 30.6 Å². The molecule has 1 heterocycles. The second-order valence-electron chi connectivity index (χ2n) is 6.22. The molecule has 21 heavy (non-hydrogen) atoms. The van der Waals surface area contributed by atoms with Crippen LogP contribution in [-0.2, 0) is 0 Å². The van der Waals surface area contributed by atoms with E-state index in [-0.39, 0.29) is 0 Å². The Morgan fingerprint density at radius 1 is 1.38 bits per heavy atom. The van der Waals surface area contributed by atoms with E-state index in [2.05, 4.69) is 23.8 Å². The molecule has 1 N–H and O–H groups in total. The number of benzene rings is 1. The fraction of sp³-hybridized carbons (Fsp3) is 0.647. The second kappa shape index (κ2) is 7.25. The summed E-state index contributed by atoms with van der Waals surface area (Å²) in [5, 5.41) is 10.6. The van der Waals surface area contributed by atoms with Gasteiger partial charge in [-0.2, -0.15) is 0 Å². The Labute approximate surface area is 128 Å². The van der Waals surface area contributed by atoms with Crippen LogP contribution in [0.3, 0.4) is 0 Å². The molecule has 1 aliphatic rings. The predicted molar refractivity (Wildman–Crippen MR) is 85.8 cm³/mol. The molecule has 1 aliphatic heterocycles. The fourth-order valence-corrected chi connectivity index (χ4v) is 3.13. The Kier molecular flexibility index (Phi) is 5.62. The molecular formula is C17H28N2O2. The molecule has 1 saturated heterocycles. The van der Waals surface area contributed by atoms with E-state index in [0.717, 1.165) is 42.9 Å². The number of methoxy groups -OCH3 is 1. The third-order valence-electron chi connectivity index (χ3n) is 4.34. The van der Waals surface area contributed by atoms with E-state index in [0.29, 0.717) is 12.6 Å². The van der Waals surface area contributed by atoms with Gasteiger partial charge in [0, 0.05) is 24.7 Å². The topological polar surface area (TPSA) is 35.9 Å². The number of nitrogens with zero attached hydrogens (tertiary/aromatic N) is 2. The lowest BCUT2D eigenvalue weighted by Crippen LogP contribution is -2.40. The van der Waals surface area contributed by atoms with Gasteiger partial charge < -0.3 is 14.7 Å². The highest BCUT2D eigenvalue weighted by molar-refractivity contribution is 5.38. The Morgan fingerprint density at radius 2 is 2.14 bits per heavy atom. The van der Waals surface area contributed by atoms with Crippen LogP contribution in [0.2, 0.25) is 0 Å². The summed E-state index contributed by atoms with van der Waals surface area (Å²) >= 11 is 0. The number of hydrogen-bond acceptors (Lipinski definition) is 4. The van der Waals surface area contributed by atoms with E-state index < -0.39 is 6.10 Å². The molecule has 2 unspecified atom stereocenters. The summed E-state index contributed by atoms with van der Waals surface area (Å²) in [4.78, 5) is 4.75. The molecule has 0 aliphatic carbocycles. The summed E-state index contributed by atoms with van der Waals surface area (Å²) in [6, 6.07) is 6.44. The zero-order chi connectivity index (χ0) is 15.4. The SMILES string of the molecule is COc1ccc(C)cc1C(O)CN1CCCN(C)CC1C. The van der Waals surface area contributed by atoms with E-state index in [1.54, 1.807) is 7.11 Å². The molecule has 0 radical (unpaired) electrons. The number of ether oxygens (including phenoxy) is 1. The third-order valence-corrected chi connectivity index (χ3v) is 4.34. The first-order chi connectivity index (χ1) is 10.0. The molecular weight excluding hydrogens is 264 g/mol. The molecule has 4 nitrogen and oxygen atoms in total. The van der Waals surface area contributed by atoms with Crippen molar-refractivity contribution in [3.63, 3.8) is 0 Å². The van der Waals surface area contributed by atoms with Crippen molar-refractivity contribution in [2.24, 2.45) is 0 Å². The first kappa shape index (κ1) is 16.3. The van der Waals surface area contributed by atoms with Crippen molar-refractivity contribution >= 4 is 0 Å². The largest absolute Gasteiger partial charge is 0.496 e. The van der Waals surface area contributed by atoms with Crippen molar-refractivity contribution < 1.29 is 9.84 Å². The maximum Gasteiger partial charge on any atom is 0.124 e. The molecule has 1 aromatic rings. The highest BCUT2D eigenvalue weighted by Crippen LogP contribution is 2.27. The van der Waals surface area contributed by atoms with E-state index in [4.69, 9.17) is 4.74 Å². The van der Waals surface area contributed by atoms with Crippen LogP contribution in [0.5, 0.6) is 5.75 Å². The molecule has 0 spiro atoms. The fourth-order valence-electron chi connectivity index (χ4n) is 3.13. The van der Waals surface area contributed by atoms with Crippen molar-refractivity contribution in [2.75, 3.05) is 40.3 Å². The zero-order valence-electron chi connectivity index (χ0n) is 13.7. The highest BCUT2D eigenvalue weighted by atomic mass is 16.5. The number of hydrogen-bond donors (Lipinski definition) is 1. The summed E-state index contributed by atoms with van der Waals surface area (Å²) < 4.78 is 5.39. The standard InChI is InChI=1S/C17H28N2O2/c1-13-6-7-17(21-4)15(10-13)16(20)12-19-9-5-8-18(3)11-14(19)2/h6-7,10,14,16,20H,5,8-9,11-12H2,1-4H3. The van der Waals surface area contributed by atoms with Crippen LogP contribution in [-0.4, -0.2) is 61.3 Å². The van der Waals surface area contributed by atoms with Gasteiger partial charge in [-0.05, 0) is 52.5 Å². The molecule has 0 aromatic heterocycles. The van der Waals surface area contributed by atoms with Crippen molar-refractivity contribution in [1.29, 1.82) is 0 Å². The van der Waals surface area contributed by atoms with Crippen LogP contribution in [0.25, 0.3) is 0 Å². The molecule has 0 amide bonds. The average molecular weight is 292 g/mol. The first-order valence-corrected chi connectivity index (χ1v) is 7.76. The van der Waals surface area contributed by atoms with E-state index >= 15 is 0 Å². The monoisotopic (exact) mass is 292 g/mol. The average Bonchev–Trinajstić information content (AvgIpc) is 2.60. The summed E-state index contributed by atoms with van der Waals surface area (Å²) in [6.45, 7) is 8.16. The van der Waals surface area contributed by atoms with Crippen LogP contribution >= 0.6 is 0 Å². The van der Waals surface area contributed by atoms with Gasteiger partial charge in [0.05, 0.1) is 13.2 Å². The van der Waals surface area contributed by atoms with Crippen LogP contribution in [0.4, 0.5) is 0 Å². The number of aliphatic hydroxyl groups is 1. The number of likely N-dealkylation sites (N-methyl/N-ethyl adjacent to an activating group) is 1. The molecule has 0 bridgehead atoms. The molecule has 1 aromatic carbocycles. The minimum absolute atomic E-state index is 0.461. The van der Waals surface area contributed by atoms with Gasteiger partial charge in [0.2, 0.25) is 0 Å². The van der Waals surface area contributed by atoms with Gasteiger partial charge in [-0.3, -0.25) is 4.90 Å². The van der Waals surface area contributed by atoms with Gasteiger partial charge >= 0.3 is 0 Å². The minimum atomic E-state index is -0.509. The summed E-state index contributed by atoms with van der Waals surface area (Å²) in [5.74, 6) is 0.771. The first-order valence-electron chi connectivity index (χ1n) is 7.76. The summed E-state index contributed by atoms with van der Waals surface area (Å²) in [7, 11) is 3.82. The Bertz CT molecular complexity index is 464. The molecule has 2 atom stereocenters. The van der Waals surface area contributed by atoms with Crippen LogP contribution < -0.4 is 4.74 Å².